The number of hydrogen-bond donors (Lipinski definition) is 0. The summed E-state index contributed by atoms with van der Waals surface area (Å²) in [6.45, 7) is 0. The Morgan fingerprint density at radius 1 is 1.06 bits per heavy atom. The Hall–Kier alpha value is -2.23. The molecule has 0 aliphatic rings. The van der Waals surface area contributed by atoms with Crippen molar-refractivity contribution in [3.8, 4) is 11.1 Å². The predicted molar refractivity (Wildman–Crippen MR) is 57.2 cm³/mol. The summed E-state index contributed by atoms with van der Waals surface area (Å²) in [5, 5.41) is 0. The average molecular weight is 214 g/mol. The van der Waals surface area contributed by atoms with E-state index in [-0.39, 0.29) is 5.82 Å². The first-order valence-electron chi connectivity index (χ1n) is 4.78. The van der Waals surface area contributed by atoms with Crippen LogP contribution < -0.4 is 0 Å². The van der Waals surface area contributed by atoms with Crippen LogP contribution in [0.1, 0.15) is 0 Å². The molecule has 0 bridgehead atoms. The molecule has 1 aromatic carbocycles. The molecule has 0 spiro atoms. The Balaban J connectivity index is 2.18. The summed E-state index contributed by atoms with van der Waals surface area (Å²) in [6, 6.07) is 8.14. The molecule has 0 atom stereocenters. The molecule has 0 unspecified atom stereocenters. The van der Waals surface area contributed by atoms with Crippen LogP contribution in [0.15, 0.2) is 47.3 Å². The number of halogens is 1. The lowest BCUT2D eigenvalue weighted by Crippen LogP contribution is -1.82. The quantitative estimate of drug-likeness (QED) is 0.625. The number of nitrogens with zero attached hydrogens (tertiary/aromatic N) is 2. The van der Waals surface area contributed by atoms with E-state index in [0.29, 0.717) is 11.2 Å². The van der Waals surface area contributed by atoms with E-state index in [4.69, 9.17) is 4.42 Å². The molecule has 0 N–H and O–H groups in total. The van der Waals surface area contributed by atoms with Gasteiger partial charge in [-0.05, 0) is 23.8 Å². The molecular weight excluding hydrogens is 207 g/mol. The minimum absolute atomic E-state index is 0.268. The van der Waals surface area contributed by atoms with E-state index < -0.39 is 0 Å². The number of oxazole rings is 1. The van der Waals surface area contributed by atoms with Crippen LogP contribution in [0.5, 0.6) is 0 Å². The smallest absolute Gasteiger partial charge is 0.198 e. The van der Waals surface area contributed by atoms with Crippen molar-refractivity contribution in [2.24, 2.45) is 0 Å². The second-order valence-corrected chi connectivity index (χ2v) is 3.41. The minimum atomic E-state index is -0.268. The third-order valence-corrected chi connectivity index (χ3v) is 2.35. The zero-order valence-corrected chi connectivity index (χ0v) is 8.22. The summed E-state index contributed by atoms with van der Waals surface area (Å²) in [5.41, 5.74) is 2.73. The highest BCUT2D eigenvalue weighted by Gasteiger charge is 2.04. The molecule has 2 heterocycles. The van der Waals surface area contributed by atoms with Crippen molar-refractivity contribution in [1.82, 2.24) is 9.97 Å². The molecule has 3 aromatic rings. The maximum atomic E-state index is 13.1. The van der Waals surface area contributed by atoms with Crippen LogP contribution in [0, 0.1) is 5.82 Å². The van der Waals surface area contributed by atoms with Crippen molar-refractivity contribution in [3.05, 3.63) is 48.7 Å². The Morgan fingerprint density at radius 3 is 2.88 bits per heavy atom. The lowest BCUT2D eigenvalue weighted by molar-refractivity contribution is 0.602. The van der Waals surface area contributed by atoms with Gasteiger partial charge in [0.05, 0.1) is 0 Å². The molecule has 78 valence electrons. The zero-order chi connectivity index (χ0) is 11.0. The van der Waals surface area contributed by atoms with Crippen LogP contribution in [-0.2, 0) is 0 Å². The number of aromatic nitrogens is 2. The van der Waals surface area contributed by atoms with E-state index in [0.717, 1.165) is 11.1 Å². The highest BCUT2D eigenvalue weighted by molar-refractivity contribution is 5.75. The second-order valence-electron chi connectivity index (χ2n) is 3.41. The fraction of sp³-hybridized carbons (Fsp3) is 0. The first kappa shape index (κ1) is 9.03. The van der Waals surface area contributed by atoms with Gasteiger partial charge in [0.2, 0.25) is 0 Å². The van der Waals surface area contributed by atoms with E-state index in [1.807, 2.05) is 6.07 Å². The Bertz CT molecular complexity index is 648. The molecular formula is C12H7FN2O. The van der Waals surface area contributed by atoms with Gasteiger partial charge in [-0.2, -0.15) is 4.98 Å². The van der Waals surface area contributed by atoms with Crippen molar-refractivity contribution >= 4 is 11.2 Å². The van der Waals surface area contributed by atoms with Crippen LogP contribution in [0.25, 0.3) is 22.4 Å². The largest absolute Gasteiger partial charge is 0.442 e. The summed E-state index contributed by atoms with van der Waals surface area (Å²) in [4.78, 5) is 8.04. The summed E-state index contributed by atoms with van der Waals surface area (Å²) in [6.07, 6.45) is 2.99. The molecule has 3 rings (SSSR count). The van der Waals surface area contributed by atoms with E-state index in [2.05, 4.69) is 9.97 Å². The van der Waals surface area contributed by atoms with Crippen molar-refractivity contribution in [2.45, 2.75) is 0 Å². The summed E-state index contributed by atoms with van der Waals surface area (Å²) >= 11 is 0. The number of rotatable bonds is 1. The van der Waals surface area contributed by atoms with Gasteiger partial charge in [-0.1, -0.05) is 12.1 Å². The first-order valence-corrected chi connectivity index (χ1v) is 4.78. The molecule has 16 heavy (non-hydrogen) atoms. The van der Waals surface area contributed by atoms with Gasteiger partial charge in [-0.15, -0.1) is 0 Å². The van der Waals surface area contributed by atoms with Gasteiger partial charge >= 0.3 is 0 Å². The fourth-order valence-electron chi connectivity index (χ4n) is 1.58. The molecule has 0 radical (unpaired) electrons. The van der Waals surface area contributed by atoms with Crippen molar-refractivity contribution in [3.63, 3.8) is 0 Å². The SMILES string of the molecule is Fc1cccc(-c2cnc3ncoc3c2)c1. The van der Waals surface area contributed by atoms with E-state index in [1.54, 1.807) is 18.3 Å². The molecule has 0 aliphatic carbocycles. The molecule has 2 aromatic heterocycles. The normalized spacial score (nSPS) is 10.8. The molecule has 3 nitrogen and oxygen atoms in total. The van der Waals surface area contributed by atoms with Gasteiger partial charge in [-0.3, -0.25) is 0 Å². The van der Waals surface area contributed by atoms with Gasteiger partial charge in [0.15, 0.2) is 17.6 Å². The van der Waals surface area contributed by atoms with E-state index in [1.165, 1.54) is 18.5 Å². The van der Waals surface area contributed by atoms with Crippen LogP contribution >= 0.6 is 0 Å². The molecule has 0 saturated carbocycles. The predicted octanol–water partition coefficient (Wildman–Crippen LogP) is 3.03. The lowest BCUT2D eigenvalue weighted by atomic mass is 10.1. The molecule has 0 fully saturated rings. The van der Waals surface area contributed by atoms with Crippen molar-refractivity contribution < 1.29 is 8.81 Å². The average Bonchev–Trinajstić information content (AvgIpc) is 2.75. The zero-order valence-electron chi connectivity index (χ0n) is 8.22. The highest BCUT2D eigenvalue weighted by atomic mass is 19.1. The monoisotopic (exact) mass is 214 g/mol. The standard InChI is InChI=1S/C12H7FN2O/c13-10-3-1-2-8(4-10)9-5-11-12(14-6-9)15-7-16-11/h1-7H. The summed E-state index contributed by atoms with van der Waals surface area (Å²) < 4.78 is 18.2. The fourth-order valence-corrected chi connectivity index (χ4v) is 1.58. The lowest BCUT2D eigenvalue weighted by Gasteiger charge is -2.00. The van der Waals surface area contributed by atoms with Crippen LogP contribution in [0.2, 0.25) is 0 Å². The number of hydrogen-bond acceptors (Lipinski definition) is 3. The number of fused-ring (bicyclic) bond motifs is 1. The van der Waals surface area contributed by atoms with Gasteiger partial charge < -0.3 is 4.42 Å². The Labute approximate surface area is 90.6 Å². The van der Waals surface area contributed by atoms with Gasteiger partial charge in [0.25, 0.3) is 0 Å². The van der Waals surface area contributed by atoms with Gasteiger partial charge in [-0.25, -0.2) is 9.37 Å². The molecule has 0 amide bonds. The number of pyridine rings is 1. The topological polar surface area (TPSA) is 38.9 Å². The van der Waals surface area contributed by atoms with Gasteiger partial charge in [0.1, 0.15) is 5.82 Å². The van der Waals surface area contributed by atoms with Crippen LogP contribution in [-0.4, -0.2) is 9.97 Å². The summed E-state index contributed by atoms with van der Waals surface area (Å²) in [7, 11) is 0. The molecule has 4 heteroatoms. The minimum Gasteiger partial charge on any atom is -0.442 e. The molecule has 0 saturated heterocycles. The second kappa shape index (κ2) is 3.41. The van der Waals surface area contributed by atoms with Crippen molar-refractivity contribution in [1.29, 1.82) is 0 Å². The first-order chi connectivity index (χ1) is 7.83. The Kier molecular flexibility index (Phi) is 1.93. The third-order valence-electron chi connectivity index (χ3n) is 2.35. The Morgan fingerprint density at radius 2 is 2.00 bits per heavy atom. The van der Waals surface area contributed by atoms with Crippen LogP contribution in [0.3, 0.4) is 0 Å². The molecule has 0 aliphatic heterocycles. The maximum absolute atomic E-state index is 13.1. The summed E-state index contributed by atoms with van der Waals surface area (Å²) in [5.74, 6) is -0.268. The highest BCUT2D eigenvalue weighted by Crippen LogP contribution is 2.22. The van der Waals surface area contributed by atoms with Gasteiger partial charge in [0, 0.05) is 11.8 Å². The third kappa shape index (κ3) is 1.44. The van der Waals surface area contributed by atoms with E-state index >= 15 is 0 Å². The number of benzene rings is 1. The maximum Gasteiger partial charge on any atom is 0.198 e. The van der Waals surface area contributed by atoms with Crippen molar-refractivity contribution in [2.75, 3.05) is 0 Å². The van der Waals surface area contributed by atoms with Crippen LogP contribution in [0.4, 0.5) is 4.39 Å². The van der Waals surface area contributed by atoms with E-state index in [9.17, 15) is 4.39 Å².